The molecular formula is C19H22N4O. The van der Waals surface area contributed by atoms with Gasteiger partial charge in [-0.05, 0) is 60.7 Å². The predicted octanol–water partition coefficient (Wildman–Crippen LogP) is 3.19. The van der Waals surface area contributed by atoms with Crippen LogP contribution in [0, 0.1) is 0 Å². The molecule has 0 radical (unpaired) electrons. The zero-order valence-corrected chi connectivity index (χ0v) is 13.6. The number of nitrogens with zero attached hydrogens (tertiary/aromatic N) is 2. The Morgan fingerprint density at radius 3 is 3.12 bits per heavy atom. The summed E-state index contributed by atoms with van der Waals surface area (Å²) in [5.41, 5.74) is 7.24. The number of benzene rings is 1. The second-order valence-electron chi connectivity index (χ2n) is 6.42. The lowest BCUT2D eigenvalue weighted by Crippen LogP contribution is -2.40. The van der Waals surface area contributed by atoms with Crippen LogP contribution < -0.4 is 10.5 Å². The molecule has 2 aromatic heterocycles. The Labute approximate surface area is 141 Å². The molecule has 3 aromatic rings. The summed E-state index contributed by atoms with van der Waals surface area (Å²) in [5.74, 6) is 1.47. The van der Waals surface area contributed by atoms with E-state index in [1.54, 1.807) is 6.20 Å². The van der Waals surface area contributed by atoms with Crippen LogP contribution in [0.2, 0.25) is 0 Å². The molecular weight excluding hydrogens is 300 g/mol. The van der Waals surface area contributed by atoms with Gasteiger partial charge in [-0.15, -0.1) is 0 Å². The number of nitrogens with two attached hydrogens (primary N) is 1. The Morgan fingerprint density at radius 1 is 1.29 bits per heavy atom. The van der Waals surface area contributed by atoms with Crippen molar-refractivity contribution in [2.24, 2.45) is 0 Å². The van der Waals surface area contributed by atoms with Gasteiger partial charge in [0.1, 0.15) is 17.7 Å². The van der Waals surface area contributed by atoms with Crippen LogP contribution in [-0.4, -0.2) is 34.1 Å². The SMILES string of the molecule is Nc1nccc2cc(O[C@H]3CCCN(Cc4cc[nH]c4)C3)ccc12. The molecule has 24 heavy (non-hydrogen) atoms. The van der Waals surface area contributed by atoms with Gasteiger partial charge in [-0.1, -0.05) is 0 Å². The van der Waals surface area contributed by atoms with Crippen LogP contribution in [0.15, 0.2) is 48.9 Å². The van der Waals surface area contributed by atoms with Crippen LogP contribution in [0.25, 0.3) is 10.8 Å². The van der Waals surface area contributed by atoms with Gasteiger partial charge in [0.15, 0.2) is 0 Å². The number of anilines is 1. The maximum absolute atomic E-state index is 6.24. The summed E-state index contributed by atoms with van der Waals surface area (Å²) in [4.78, 5) is 9.70. The van der Waals surface area contributed by atoms with E-state index in [0.717, 1.165) is 42.6 Å². The van der Waals surface area contributed by atoms with Crippen molar-refractivity contribution in [2.45, 2.75) is 25.5 Å². The van der Waals surface area contributed by atoms with Gasteiger partial charge in [0.05, 0.1) is 0 Å². The maximum Gasteiger partial charge on any atom is 0.131 e. The third-order valence-corrected chi connectivity index (χ3v) is 4.60. The Hall–Kier alpha value is -2.53. The number of H-pyrrole nitrogens is 1. The number of ether oxygens (including phenoxy) is 1. The van der Waals surface area contributed by atoms with E-state index >= 15 is 0 Å². The van der Waals surface area contributed by atoms with E-state index in [1.165, 1.54) is 12.0 Å². The zero-order valence-electron chi connectivity index (χ0n) is 13.6. The van der Waals surface area contributed by atoms with Gasteiger partial charge in [0.2, 0.25) is 0 Å². The van der Waals surface area contributed by atoms with Crippen molar-refractivity contribution < 1.29 is 4.74 Å². The first-order valence-corrected chi connectivity index (χ1v) is 8.43. The minimum atomic E-state index is 0.231. The number of nitrogen functional groups attached to an aromatic ring is 1. The van der Waals surface area contributed by atoms with E-state index < -0.39 is 0 Å². The standard InChI is InChI=1S/C19H22N4O/c20-19-18-4-3-16(10-15(18)6-8-22-19)24-17-2-1-9-23(13-17)12-14-5-7-21-11-14/h3-8,10-11,17,21H,1-2,9,12-13H2,(H2,20,22)/t17-/m0/s1. The fourth-order valence-electron chi connectivity index (χ4n) is 3.41. The molecule has 1 aromatic carbocycles. The van der Waals surface area contributed by atoms with Gasteiger partial charge in [0, 0.05) is 37.1 Å². The highest BCUT2D eigenvalue weighted by Crippen LogP contribution is 2.26. The maximum atomic E-state index is 6.24. The summed E-state index contributed by atoms with van der Waals surface area (Å²) in [6, 6.07) is 10.1. The van der Waals surface area contributed by atoms with Gasteiger partial charge in [-0.3, -0.25) is 4.90 Å². The van der Waals surface area contributed by atoms with Crippen molar-refractivity contribution >= 4 is 16.6 Å². The monoisotopic (exact) mass is 322 g/mol. The normalized spacial score (nSPS) is 18.8. The van der Waals surface area contributed by atoms with E-state index in [0.29, 0.717) is 5.82 Å². The number of piperidine rings is 1. The summed E-state index contributed by atoms with van der Waals surface area (Å²) in [7, 11) is 0. The minimum absolute atomic E-state index is 0.231. The molecule has 1 aliphatic rings. The largest absolute Gasteiger partial charge is 0.489 e. The molecule has 124 valence electrons. The highest BCUT2D eigenvalue weighted by atomic mass is 16.5. The molecule has 3 N–H and O–H groups in total. The zero-order chi connectivity index (χ0) is 16.4. The van der Waals surface area contributed by atoms with Crippen LogP contribution in [0.4, 0.5) is 5.82 Å². The highest BCUT2D eigenvalue weighted by molar-refractivity contribution is 5.91. The van der Waals surface area contributed by atoms with Crippen LogP contribution in [0.1, 0.15) is 18.4 Å². The number of fused-ring (bicyclic) bond motifs is 1. The quantitative estimate of drug-likeness (QED) is 0.774. The van der Waals surface area contributed by atoms with E-state index in [9.17, 15) is 0 Å². The van der Waals surface area contributed by atoms with Gasteiger partial charge < -0.3 is 15.5 Å². The number of hydrogen-bond donors (Lipinski definition) is 2. The van der Waals surface area contributed by atoms with Gasteiger partial charge in [-0.2, -0.15) is 0 Å². The van der Waals surface area contributed by atoms with E-state index in [2.05, 4.69) is 33.2 Å². The van der Waals surface area contributed by atoms with E-state index in [-0.39, 0.29) is 6.10 Å². The number of nitrogens with one attached hydrogen (secondary N) is 1. The summed E-state index contributed by atoms with van der Waals surface area (Å²) < 4.78 is 6.24. The van der Waals surface area contributed by atoms with Gasteiger partial charge in [0.25, 0.3) is 0 Å². The number of likely N-dealkylation sites (tertiary alicyclic amines) is 1. The summed E-state index contributed by atoms with van der Waals surface area (Å²) in [6.45, 7) is 3.07. The molecule has 1 fully saturated rings. The Bertz CT molecular complexity index is 815. The molecule has 3 heterocycles. The second kappa shape index (κ2) is 6.53. The smallest absolute Gasteiger partial charge is 0.131 e. The molecule has 1 atom stereocenters. The van der Waals surface area contributed by atoms with Crippen LogP contribution in [0.5, 0.6) is 5.75 Å². The second-order valence-corrected chi connectivity index (χ2v) is 6.42. The summed E-state index contributed by atoms with van der Waals surface area (Å²) in [6.07, 6.45) is 8.27. The number of pyridine rings is 1. The van der Waals surface area contributed by atoms with Gasteiger partial charge >= 0.3 is 0 Å². The van der Waals surface area contributed by atoms with E-state index in [1.807, 2.05) is 24.4 Å². The molecule has 0 unspecified atom stereocenters. The molecule has 0 saturated carbocycles. The number of hydrogen-bond acceptors (Lipinski definition) is 4. The average Bonchev–Trinajstić information content (AvgIpc) is 3.08. The first-order valence-electron chi connectivity index (χ1n) is 8.43. The molecule has 4 rings (SSSR count). The molecule has 5 nitrogen and oxygen atoms in total. The molecule has 0 bridgehead atoms. The molecule has 1 aliphatic heterocycles. The van der Waals surface area contributed by atoms with Crippen molar-refractivity contribution in [3.8, 4) is 5.75 Å². The third kappa shape index (κ3) is 3.21. The molecule has 0 aliphatic carbocycles. The van der Waals surface area contributed by atoms with Crippen LogP contribution in [0.3, 0.4) is 0 Å². The molecule has 0 amide bonds. The number of aromatic amines is 1. The lowest BCUT2D eigenvalue weighted by molar-refractivity contribution is 0.0844. The Kier molecular flexibility index (Phi) is 4.09. The molecule has 1 saturated heterocycles. The summed E-state index contributed by atoms with van der Waals surface area (Å²) >= 11 is 0. The lowest BCUT2D eigenvalue weighted by Gasteiger charge is -2.32. The third-order valence-electron chi connectivity index (χ3n) is 4.60. The van der Waals surface area contributed by atoms with E-state index in [4.69, 9.17) is 10.5 Å². The van der Waals surface area contributed by atoms with Crippen molar-refractivity contribution in [2.75, 3.05) is 18.8 Å². The van der Waals surface area contributed by atoms with Crippen molar-refractivity contribution in [3.05, 3.63) is 54.5 Å². The first kappa shape index (κ1) is 15.0. The Morgan fingerprint density at radius 2 is 2.25 bits per heavy atom. The fourth-order valence-corrected chi connectivity index (χ4v) is 3.41. The number of rotatable bonds is 4. The van der Waals surface area contributed by atoms with Crippen molar-refractivity contribution in [3.63, 3.8) is 0 Å². The summed E-state index contributed by atoms with van der Waals surface area (Å²) in [5, 5.41) is 2.04. The topological polar surface area (TPSA) is 67.2 Å². The fraction of sp³-hybridized carbons (Fsp3) is 0.316. The van der Waals surface area contributed by atoms with Crippen LogP contribution in [-0.2, 0) is 6.54 Å². The Balaban J connectivity index is 1.44. The van der Waals surface area contributed by atoms with Crippen LogP contribution >= 0.6 is 0 Å². The van der Waals surface area contributed by atoms with Gasteiger partial charge in [-0.25, -0.2) is 4.98 Å². The molecule has 0 spiro atoms. The first-order chi connectivity index (χ1) is 11.8. The predicted molar refractivity (Wildman–Crippen MR) is 95.9 cm³/mol. The number of aromatic nitrogens is 2. The van der Waals surface area contributed by atoms with Crippen molar-refractivity contribution in [1.82, 2.24) is 14.9 Å². The molecule has 5 heteroatoms. The lowest BCUT2D eigenvalue weighted by atomic mass is 10.1. The highest BCUT2D eigenvalue weighted by Gasteiger charge is 2.21. The average molecular weight is 322 g/mol. The van der Waals surface area contributed by atoms with Crippen molar-refractivity contribution in [1.29, 1.82) is 0 Å². The minimum Gasteiger partial charge on any atom is -0.489 e.